The summed E-state index contributed by atoms with van der Waals surface area (Å²) in [5, 5.41) is 11.3. The third-order valence-electron chi connectivity index (χ3n) is 7.63. The zero-order chi connectivity index (χ0) is 21.5. The van der Waals surface area contributed by atoms with Crippen molar-refractivity contribution in [1.29, 1.82) is 0 Å². The Morgan fingerprint density at radius 3 is 1.94 bits per heavy atom. The highest BCUT2D eigenvalue weighted by molar-refractivity contribution is 6.23. The first-order valence-electron chi connectivity index (χ1n) is 10.8. The summed E-state index contributed by atoms with van der Waals surface area (Å²) in [5.74, 6) is -1.72. The van der Waals surface area contributed by atoms with Crippen molar-refractivity contribution in [3.8, 4) is 0 Å². The van der Waals surface area contributed by atoms with Crippen LogP contribution in [0.2, 0.25) is 0 Å². The zero-order valence-corrected chi connectivity index (χ0v) is 17.4. The van der Waals surface area contributed by atoms with Gasteiger partial charge in [-0.1, -0.05) is 66.2 Å². The molecule has 0 spiro atoms. The van der Waals surface area contributed by atoms with Crippen LogP contribution in [0.1, 0.15) is 40.7 Å². The van der Waals surface area contributed by atoms with E-state index in [9.17, 15) is 14.7 Å². The highest BCUT2D eigenvalue weighted by Gasteiger charge is 2.69. The van der Waals surface area contributed by atoms with E-state index in [2.05, 4.69) is 12.1 Å². The van der Waals surface area contributed by atoms with Gasteiger partial charge in [0.25, 0.3) is 0 Å². The number of anilines is 1. The van der Waals surface area contributed by atoms with Gasteiger partial charge in [-0.3, -0.25) is 9.59 Å². The summed E-state index contributed by atoms with van der Waals surface area (Å²) >= 11 is 0. The Morgan fingerprint density at radius 1 is 0.839 bits per heavy atom. The summed E-state index contributed by atoms with van der Waals surface area (Å²) in [6.45, 7) is 3.73. The molecule has 1 saturated heterocycles. The van der Waals surface area contributed by atoms with Gasteiger partial charge >= 0.3 is 0 Å². The fourth-order valence-electron chi connectivity index (χ4n) is 6.49. The average molecular weight is 409 g/mol. The monoisotopic (exact) mass is 409 g/mol. The van der Waals surface area contributed by atoms with Crippen LogP contribution in [0.4, 0.5) is 5.69 Å². The molecule has 3 atom stereocenters. The van der Waals surface area contributed by atoms with Crippen molar-refractivity contribution in [2.45, 2.75) is 31.3 Å². The van der Waals surface area contributed by atoms with Gasteiger partial charge in [-0.25, -0.2) is 4.90 Å². The lowest BCUT2D eigenvalue weighted by Crippen LogP contribution is -2.58. The summed E-state index contributed by atoms with van der Waals surface area (Å²) in [4.78, 5) is 29.1. The van der Waals surface area contributed by atoms with Gasteiger partial charge in [0.2, 0.25) is 11.8 Å². The summed E-state index contributed by atoms with van der Waals surface area (Å²) in [7, 11) is 0. The number of imide groups is 1. The van der Waals surface area contributed by atoms with Crippen LogP contribution in [0.25, 0.3) is 0 Å². The maximum Gasteiger partial charge on any atom is 0.239 e. The van der Waals surface area contributed by atoms with Crippen molar-refractivity contribution in [2.24, 2.45) is 11.8 Å². The Bertz CT molecular complexity index is 1200. The molecule has 1 fully saturated rings. The van der Waals surface area contributed by atoms with E-state index < -0.39 is 23.4 Å². The molecule has 0 unspecified atom stereocenters. The van der Waals surface area contributed by atoms with Crippen molar-refractivity contribution in [3.63, 3.8) is 0 Å². The lowest BCUT2D eigenvalue weighted by Gasteiger charge is -2.55. The first-order chi connectivity index (χ1) is 15.0. The minimum Gasteiger partial charge on any atom is -0.392 e. The molecule has 4 nitrogen and oxygen atoms in total. The van der Waals surface area contributed by atoms with Crippen LogP contribution in [-0.2, 0) is 15.0 Å². The molecule has 2 bridgehead atoms. The largest absolute Gasteiger partial charge is 0.392 e. The third-order valence-corrected chi connectivity index (χ3v) is 7.63. The number of benzene rings is 3. The Hall–Kier alpha value is -3.24. The normalized spacial score (nSPS) is 28.9. The number of hydrogen-bond acceptors (Lipinski definition) is 3. The lowest BCUT2D eigenvalue weighted by atomic mass is 9.46. The Balaban J connectivity index is 1.66. The van der Waals surface area contributed by atoms with Gasteiger partial charge in [-0.15, -0.1) is 0 Å². The molecule has 4 heteroatoms. The van der Waals surface area contributed by atoms with E-state index in [0.29, 0.717) is 5.69 Å². The smallest absolute Gasteiger partial charge is 0.239 e. The van der Waals surface area contributed by atoms with E-state index >= 15 is 0 Å². The van der Waals surface area contributed by atoms with Gasteiger partial charge in [0, 0.05) is 5.92 Å². The molecule has 154 valence electrons. The van der Waals surface area contributed by atoms with E-state index in [1.54, 1.807) is 6.92 Å². The zero-order valence-electron chi connectivity index (χ0n) is 17.4. The summed E-state index contributed by atoms with van der Waals surface area (Å²) in [6, 6.07) is 23.5. The number of rotatable bonds is 2. The fourth-order valence-corrected chi connectivity index (χ4v) is 6.49. The van der Waals surface area contributed by atoms with Crippen LogP contribution in [0.3, 0.4) is 0 Å². The molecule has 3 aromatic carbocycles. The average Bonchev–Trinajstić information content (AvgIpc) is 3.05. The van der Waals surface area contributed by atoms with Crippen molar-refractivity contribution in [2.75, 3.05) is 4.90 Å². The molecular formula is C27H23NO3. The second kappa shape index (κ2) is 6.14. The van der Waals surface area contributed by atoms with E-state index in [-0.39, 0.29) is 17.7 Å². The van der Waals surface area contributed by atoms with E-state index in [4.69, 9.17) is 0 Å². The number of nitrogens with zero attached hydrogens (tertiary/aromatic N) is 1. The lowest BCUT2D eigenvalue weighted by molar-refractivity contribution is -0.126. The van der Waals surface area contributed by atoms with Gasteiger partial charge in [0.05, 0.1) is 29.0 Å². The van der Waals surface area contributed by atoms with Gasteiger partial charge in [0.15, 0.2) is 0 Å². The molecular weight excluding hydrogens is 386 g/mol. The van der Waals surface area contributed by atoms with E-state index in [1.807, 2.05) is 67.6 Å². The number of carbonyl (C=O) groups is 2. The standard InChI is InChI=1S/C27H23NO3/c1-15-11-13-17(14-12-15)28-25(30)23-22-18-7-3-5-9-20(18)27(16(2)29,24(23)26(28)31)21-10-6-4-8-19(21)22/h3-14,16,22-24,29H,1-2H3/t16-,22?,23-,24-,27?/m0/s1. The summed E-state index contributed by atoms with van der Waals surface area (Å²) in [5.41, 5.74) is 4.77. The molecule has 1 heterocycles. The van der Waals surface area contributed by atoms with E-state index in [1.165, 1.54) is 4.90 Å². The summed E-state index contributed by atoms with van der Waals surface area (Å²) in [6.07, 6.45) is -0.835. The Morgan fingerprint density at radius 2 is 1.39 bits per heavy atom. The maximum atomic E-state index is 13.9. The number of carbonyl (C=O) groups excluding carboxylic acids is 2. The van der Waals surface area contributed by atoms with E-state index in [0.717, 1.165) is 27.8 Å². The number of hydrogen-bond donors (Lipinski definition) is 1. The van der Waals surface area contributed by atoms with Crippen LogP contribution in [-0.4, -0.2) is 23.0 Å². The molecule has 0 radical (unpaired) electrons. The van der Waals surface area contributed by atoms with Crippen molar-refractivity contribution in [3.05, 3.63) is 101 Å². The van der Waals surface area contributed by atoms with Gasteiger partial charge in [0.1, 0.15) is 0 Å². The predicted octanol–water partition coefficient (Wildman–Crippen LogP) is 3.93. The first-order valence-corrected chi connectivity index (χ1v) is 10.8. The SMILES string of the molecule is Cc1ccc(N2C(=O)[C@@H]3[C@@H](C2=O)C2c4ccccc4C3([C@H](C)O)c3ccccc32)cc1. The van der Waals surface area contributed by atoms with Gasteiger partial charge in [-0.05, 0) is 48.2 Å². The molecule has 31 heavy (non-hydrogen) atoms. The molecule has 3 aromatic rings. The van der Waals surface area contributed by atoms with Gasteiger partial charge < -0.3 is 5.11 Å². The number of amides is 2. The third kappa shape index (κ3) is 2.08. The van der Waals surface area contributed by atoms with Crippen LogP contribution in [0.5, 0.6) is 0 Å². The molecule has 0 aromatic heterocycles. The molecule has 4 aliphatic rings. The fraction of sp³-hybridized carbons (Fsp3) is 0.259. The minimum atomic E-state index is -0.946. The summed E-state index contributed by atoms with van der Waals surface area (Å²) < 4.78 is 0. The molecule has 2 amide bonds. The number of aryl methyl sites for hydroxylation is 1. The quantitative estimate of drug-likeness (QED) is 0.653. The van der Waals surface area contributed by atoms with Crippen LogP contribution < -0.4 is 4.90 Å². The van der Waals surface area contributed by atoms with Crippen molar-refractivity contribution >= 4 is 17.5 Å². The van der Waals surface area contributed by atoms with Gasteiger partial charge in [-0.2, -0.15) is 0 Å². The second-order valence-corrected chi connectivity index (χ2v) is 9.05. The number of aliphatic hydroxyl groups is 1. The number of aliphatic hydroxyl groups excluding tert-OH is 1. The molecule has 7 rings (SSSR count). The van der Waals surface area contributed by atoms with Crippen molar-refractivity contribution in [1.82, 2.24) is 0 Å². The Labute approximate surface area is 181 Å². The van der Waals surface area contributed by atoms with Crippen LogP contribution in [0, 0.1) is 18.8 Å². The highest BCUT2D eigenvalue weighted by Crippen LogP contribution is 2.65. The highest BCUT2D eigenvalue weighted by atomic mass is 16.3. The topological polar surface area (TPSA) is 57.6 Å². The van der Waals surface area contributed by atoms with Crippen LogP contribution in [0.15, 0.2) is 72.8 Å². The second-order valence-electron chi connectivity index (χ2n) is 9.05. The Kier molecular flexibility index (Phi) is 3.67. The molecule has 1 aliphatic heterocycles. The first kappa shape index (κ1) is 18.5. The predicted molar refractivity (Wildman–Crippen MR) is 118 cm³/mol. The maximum absolute atomic E-state index is 13.9. The minimum absolute atomic E-state index is 0.169. The molecule has 3 aliphatic carbocycles. The molecule has 0 saturated carbocycles. The van der Waals surface area contributed by atoms with Crippen LogP contribution >= 0.6 is 0 Å². The van der Waals surface area contributed by atoms with Crippen molar-refractivity contribution < 1.29 is 14.7 Å². The molecule has 1 N–H and O–H groups in total.